The Kier molecular flexibility index (Phi) is 19.1. The molecule has 0 aromatic heterocycles. The molecule has 0 N–H and O–H groups in total. The highest BCUT2D eigenvalue weighted by atomic mass is 14.3. The van der Waals surface area contributed by atoms with E-state index < -0.39 is 0 Å². The van der Waals surface area contributed by atoms with Crippen molar-refractivity contribution in [3.63, 3.8) is 0 Å². The molecule has 0 nitrogen and oxygen atoms in total. The van der Waals surface area contributed by atoms with E-state index in [0.29, 0.717) is 0 Å². The fraction of sp³-hybridized carbons (Fsp3) is 0. The summed E-state index contributed by atoms with van der Waals surface area (Å²) < 4.78 is 0. The predicted molar refractivity (Wildman–Crippen MR) is 593 cm³/mol. The van der Waals surface area contributed by atoms with Crippen LogP contribution >= 0.6 is 0 Å². The first-order chi connectivity index (χ1) is 68.4. The lowest BCUT2D eigenvalue weighted by molar-refractivity contribution is 1.56. The van der Waals surface area contributed by atoms with Crippen LogP contribution in [0.15, 0.2) is 522 Å². The van der Waals surface area contributed by atoms with Crippen LogP contribution in [0.4, 0.5) is 0 Å². The van der Waals surface area contributed by atoms with Crippen LogP contribution in [0.3, 0.4) is 0 Å². The van der Waals surface area contributed by atoms with Gasteiger partial charge in [-0.3, -0.25) is 0 Å². The molecule has 0 fully saturated rings. The van der Waals surface area contributed by atoms with E-state index in [-0.39, 0.29) is 0 Å². The lowest BCUT2D eigenvalue weighted by Crippen LogP contribution is -1.95. The number of rotatable bonds is 14. The summed E-state index contributed by atoms with van der Waals surface area (Å²) in [5, 5.41) is 28.6. The molecule has 138 heavy (non-hydrogen) atoms. The van der Waals surface area contributed by atoms with E-state index >= 15 is 0 Å². The molecule has 0 heteroatoms. The lowest BCUT2D eigenvalue weighted by Gasteiger charge is -2.22. The van der Waals surface area contributed by atoms with E-state index in [1.165, 1.54) is 174 Å². The Morgan fingerprint density at radius 2 is 0.225 bits per heavy atom. The molecule has 0 radical (unpaired) electrons. The average molecular weight is 1740 g/mol. The van der Waals surface area contributed by atoms with Gasteiger partial charge in [0.2, 0.25) is 0 Å². The number of fused-ring (bicyclic) bond motifs is 12. The summed E-state index contributed by atoms with van der Waals surface area (Å²) in [5.74, 6) is 0. The maximum Gasteiger partial charge on any atom is -0.00204 e. The van der Waals surface area contributed by atoms with Crippen molar-refractivity contribution in [1.29, 1.82) is 0 Å². The molecule has 0 aliphatic carbocycles. The number of hydrogen-bond donors (Lipinski definition) is 0. The summed E-state index contributed by atoms with van der Waals surface area (Å²) in [7, 11) is 0. The van der Waals surface area contributed by atoms with Gasteiger partial charge in [-0.05, 0) is 358 Å². The first-order valence-corrected chi connectivity index (χ1v) is 48.0. The molecule has 0 aliphatic heterocycles. The van der Waals surface area contributed by atoms with Crippen LogP contribution < -0.4 is 0 Å². The van der Waals surface area contributed by atoms with Gasteiger partial charge in [-0.2, -0.15) is 0 Å². The Balaban J connectivity index is 0.759. The molecule has 0 heterocycles. The summed E-state index contributed by atoms with van der Waals surface area (Å²) in [5.41, 5.74) is 32.3. The second-order valence-corrected chi connectivity index (χ2v) is 37.0. The van der Waals surface area contributed by atoms with Crippen molar-refractivity contribution in [2.75, 3.05) is 0 Å². The molecule has 0 aliphatic rings. The molecule has 27 aromatic rings. The molecule has 27 rings (SSSR count). The van der Waals surface area contributed by atoms with Crippen molar-refractivity contribution in [3.8, 4) is 156 Å². The molecule has 0 unspecified atom stereocenters. The Morgan fingerprint density at radius 1 is 0.0797 bits per heavy atom. The van der Waals surface area contributed by atoms with Crippen LogP contribution in [0.2, 0.25) is 0 Å². The van der Waals surface area contributed by atoms with Gasteiger partial charge >= 0.3 is 0 Å². The van der Waals surface area contributed by atoms with Crippen molar-refractivity contribution in [1.82, 2.24) is 0 Å². The second-order valence-electron chi connectivity index (χ2n) is 37.0. The molecule has 27 aromatic carbocycles. The summed E-state index contributed by atoms with van der Waals surface area (Å²) in [6, 6.07) is 198. The van der Waals surface area contributed by atoms with Crippen LogP contribution in [-0.4, -0.2) is 0 Å². The predicted octanol–water partition coefficient (Wildman–Crippen LogP) is 38.9. The highest BCUT2D eigenvalue weighted by Gasteiger charge is 2.27. The van der Waals surface area contributed by atoms with E-state index in [2.05, 4.69) is 522 Å². The van der Waals surface area contributed by atoms with Crippen LogP contribution in [0.25, 0.3) is 285 Å². The van der Waals surface area contributed by atoms with Crippen molar-refractivity contribution in [2.24, 2.45) is 0 Å². The highest BCUT2D eigenvalue weighted by molar-refractivity contribution is 6.25. The summed E-state index contributed by atoms with van der Waals surface area (Å²) in [6.45, 7) is 0. The van der Waals surface area contributed by atoms with Gasteiger partial charge in [-0.25, -0.2) is 0 Å². The molecule has 638 valence electrons. The first kappa shape index (κ1) is 79.8. The smallest absolute Gasteiger partial charge is 0.00204 e. The Morgan fingerprint density at radius 3 is 0.486 bits per heavy atom. The average Bonchev–Trinajstić information content (AvgIpc) is 0.721. The van der Waals surface area contributed by atoms with E-state index in [9.17, 15) is 0 Å². The summed E-state index contributed by atoms with van der Waals surface area (Å²) in [6.07, 6.45) is 0. The van der Waals surface area contributed by atoms with Gasteiger partial charge in [0, 0.05) is 0 Å². The minimum Gasteiger partial charge on any atom is -0.0616 e. The molecule has 0 spiro atoms. The van der Waals surface area contributed by atoms with Crippen LogP contribution in [0.1, 0.15) is 0 Å². The van der Waals surface area contributed by atoms with Crippen LogP contribution in [-0.2, 0) is 0 Å². The molecular formula is C138H86. The minimum atomic E-state index is 1.10. The van der Waals surface area contributed by atoms with Crippen molar-refractivity contribution in [3.05, 3.63) is 522 Å². The maximum absolute atomic E-state index is 2.55. The van der Waals surface area contributed by atoms with Crippen molar-refractivity contribution < 1.29 is 0 Å². The first-order valence-electron chi connectivity index (χ1n) is 48.0. The van der Waals surface area contributed by atoms with Gasteiger partial charge in [0.1, 0.15) is 0 Å². The van der Waals surface area contributed by atoms with Crippen molar-refractivity contribution >= 4 is 129 Å². The zero-order valence-electron chi connectivity index (χ0n) is 75.7. The third-order valence-electron chi connectivity index (χ3n) is 29.3. The monoisotopic (exact) mass is 1740 g/mol. The van der Waals surface area contributed by atoms with Crippen LogP contribution in [0, 0.1) is 0 Å². The van der Waals surface area contributed by atoms with Gasteiger partial charge in [0.25, 0.3) is 0 Å². The van der Waals surface area contributed by atoms with E-state index in [4.69, 9.17) is 0 Å². The van der Waals surface area contributed by atoms with Gasteiger partial charge in [0.05, 0.1) is 0 Å². The maximum atomic E-state index is 2.55. The highest BCUT2D eigenvalue weighted by Crippen LogP contribution is 2.54. The second kappa shape index (κ2) is 33.1. The Bertz CT molecular complexity index is 8960. The minimum absolute atomic E-state index is 1.10. The van der Waals surface area contributed by atoms with E-state index in [1.54, 1.807) is 0 Å². The Labute approximate surface area is 800 Å². The molecule has 0 amide bonds. The molecule has 0 atom stereocenters. The molecule has 0 bridgehead atoms. The molecule has 0 saturated heterocycles. The molecule has 0 saturated carbocycles. The number of hydrogen-bond acceptors (Lipinski definition) is 0. The van der Waals surface area contributed by atoms with Crippen molar-refractivity contribution in [2.45, 2.75) is 0 Å². The lowest BCUT2D eigenvalue weighted by atomic mass is 9.81. The van der Waals surface area contributed by atoms with Gasteiger partial charge in [-0.1, -0.05) is 449 Å². The largest absolute Gasteiger partial charge is 0.0616 e. The standard InChI is InChI=1S/C138H86/c1-9-47-107-87(31-1)39-21-59-115(107)99-76-97(77-100(82-99)116-60-22-40-88-32-2-10-48-108(88)116)95-75-96(98-78-101(117-61-23-41-89-33-3-11-49-109(89)117)83-102(79-98)118-62-24-42-90-34-4-12-50-110(90)118)81-105(80-95)135-129-55-17-19-57-131(129)136(132-58-20-18-56-130(132)135)106-85-103(119-63-29-69-127-125(121-65-25-43-91-35-5-13-51-111(91)121)71-73-133(137(119)127)123-67-27-45-93-37-7-15-53-113(93)123)84-104(86-106)120-64-30-70-128-126(122-66-26-44-92-36-6-14-52-112(92)122)72-74-134(138(120)128)124-68-28-46-94-38-8-16-54-114(94)124/h1-86H. The Hall–Kier alpha value is -17.9. The fourth-order valence-corrected chi connectivity index (χ4v) is 23.1. The van der Waals surface area contributed by atoms with Crippen LogP contribution in [0.5, 0.6) is 0 Å². The zero-order valence-corrected chi connectivity index (χ0v) is 75.7. The third kappa shape index (κ3) is 13.5. The van der Waals surface area contributed by atoms with E-state index in [1.807, 2.05) is 0 Å². The SMILES string of the molecule is c1ccc2c(-c3cc(-c4cc(-c5cc(-c6cccc7ccccc67)cc(-c6cccc7ccccc67)c5)cc(-c5c6ccccc6c(-c6cc(-c7cccc8c(-c9cccc%10ccccc9%10)ccc(-c9cccc%10ccccc9%10)c78)cc(-c7cccc8c(-c9cccc%10ccccc9%10)ccc(-c9cccc%10ccccc9%10)c78)c6)c6ccccc56)c4)cc(-c4cccc5ccccc45)c3)cccc2c1. The third-order valence-corrected chi connectivity index (χ3v) is 29.3. The van der Waals surface area contributed by atoms with Gasteiger partial charge in [-0.15, -0.1) is 0 Å². The van der Waals surface area contributed by atoms with E-state index in [0.717, 1.165) is 111 Å². The quantitative estimate of drug-likeness (QED) is 0.0952. The fourth-order valence-electron chi connectivity index (χ4n) is 23.1. The zero-order chi connectivity index (χ0) is 90.8. The number of benzene rings is 27. The summed E-state index contributed by atoms with van der Waals surface area (Å²) >= 11 is 0. The normalized spacial score (nSPS) is 11.8. The summed E-state index contributed by atoms with van der Waals surface area (Å²) in [4.78, 5) is 0. The topological polar surface area (TPSA) is 0 Å². The van der Waals surface area contributed by atoms with Gasteiger partial charge in [0.15, 0.2) is 0 Å². The molecular weight excluding hydrogens is 1660 g/mol. The van der Waals surface area contributed by atoms with Gasteiger partial charge < -0.3 is 0 Å².